The third-order valence-electron chi connectivity index (χ3n) is 10.2. The van der Waals surface area contributed by atoms with Crippen LogP contribution in [0.3, 0.4) is 0 Å². The van der Waals surface area contributed by atoms with Crippen LogP contribution in [0, 0.1) is 5.92 Å². The maximum Gasteiger partial charge on any atom is -0.00187 e. The van der Waals surface area contributed by atoms with Crippen molar-refractivity contribution in [3.05, 3.63) is 0 Å². The van der Waals surface area contributed by atoms with Gasteiger partial charge in [0.1, 0.15) is 0 Å². The highest BCUT2D eigenvalue weighted by molar-refractivity contribution is 4.61. The quantitative estimate of drug-likeness (QED) is 0.0619. The van der Waals surface area contributed by atoms with Crippen molar-refractivity contribution in [2.75, 3.05) is 19.6 Å². The summed E-state index contributed by atoms with van der Waals surface area (Å²) in [5.41, 5.74) is 0. The summed E-state index contributed by atoms with van der Waals surface area (Å²) in [6.45, 7) is 13.5. The molecule has 0 unspecified atom stereocenters. The molecule has 0 N–H and O–H groups in total. The third kappa shape index (κ3) is 38.1. The Balaban J connectivity index is 3.92. The highest BCUT2D eigenvalue weighted by Crippen LogP contribution is 2.16. The lowest BCUT2D eigenvalue weighted by molar-refractivity contribution is 0.254. The van der Waals surface area contributed by atoms with Crippen molar-refractivity contribution < 1.29 is 0 Å². The molecule has 266 valence electrons. The van der Waals surface area contributed by atoms with Crippen LogP contribution in [-0.2, 0) is 0 Å². The summed E-state index contributed by atoms with van der Waals surface area (Å²) in [5.74, 6) is 0.889. The highest BCUT2D eigenvalue weighted by atomic mass is 15.1. The average molecular weight is 620 g/mol. The first-order valence-corrected chi connectivity index (χ1v) is 21.4. The average Bonchev–Trinajstić information content (AvgIpc) is 3.02. The molecular formula is C43H89N. The van der Waals surface area contributed by atoms with Gasteiger partial charge in [0, 0.05) is 0 Å². The van der Waals surface area contributed by atoms with Gasteiger partial charge in [-0.05, 0) is 44.8 Å². The van der Waals surface area contributed by atoms with Crippen LogP contribution in [0.1, 0.15) is 252 Å². The van der Waals surface area contributed by atoms with Gasteiger partial charge in [-0.2, -0.15) is 0 Å². The lowest BCUT2D eigenvalue weighted by Gasteiger charge is -2.22. The van der Waals surface area contributed by atoms with Crippen molar-refractivity contribution >= 4 is 0 Å². The van der Waals surface area contributed by atoms with Crippen LogP contribution in [0.15, 0.2) is 0 Å². The summed E-state index contributed by atoms with van der Waals surface area (Å²) >= 11 is 0. The Hall–Kier alpha value is -0.0400. The molecule has 0 atom stereocenters. The number of nitrogens with zero attached hydrogens (tertiary/aromatic N) is 1. The van der Waals surface area contributed by atoms with E-state index in [-0.39, 0.29) is 0 Å². The predicted molar refractivity (Wildman–Crippen MR) is 204 cm³/mol. The molecule has 0 aliphatic heterocycles. The minimum absolute atomic E-state index is 0.889. The monoisotopic (exact) mass is 620 g/mol. The van der Waals surface area contributed by atoms with Crippen LogP contribution in [0.5, 0.6) is 0 Å². The van der Waals surface area contributed by atoms with E-state index in [4.69, 9.17) is 0 Å². The minimum atomic E-state index is 0.889. The fraction of sp³-hybridized carbons (Fsp3) is 1.00. The first-order chi connectivity index (χ1) is 21.7. The van der Waals surface area contributed by atoms with Gasteiger partial charge < -0.3 is 4.90 Å². The van der Waals surface area contributed by atoms with E-state index in [1.165, 1.54) is 244 Å². The van der Waals surface area contributed by atoms with Crippen molar-refractivity contribution in [3.8, 4) is 0 Å². The Morgan fingerprint density at radius 3 is 0.705 bits per heavy atom. The molecule has 0 amide bonds. The summed E-state index contributed by atoms with van der Waals surface area (Å²) < 4.78 is 0. The van der Waals surface area contributed by atoms with E-state index < -0.39 is 0 Å². The molecule has 1 heteroatoms. The van der Waals surface area contributed by atoms with Crippen LogP contribution in [-0.4, -0.2) is 24.5 Å². The molecular weight excluding hydrogens is 530 g/mol. The zero-order chi connectivity index (χ0) is 32.0. The number of hydrogen-bond donors (Lipinski definition) is 0. The molecule has 0 aliphatic rings. The molecule has 0 heterocycles. The molecule has 0 bridgehead atoms. The van der Waals surface area contributed by atoms with Gasteiger partial charge in [0.2, 0.25) is 0 Å². The summed E-state index contributed by atoms with van der Waals surface area (Å²) in [5, 5.41) is 0. The molecule has 0 fully saturated rings. The van der Waals surface area contributed by atoms with E-state index >= 15 is 0 Å². The van der Waals surface area contributed by atoms with Crippen LogP contribution < -0.4 is 0 Å². The SMILES string of the molecule is CCCCCCCCCCCCCCN(CCCCCCCCCCCCCC)CCCCCCCCCCCCC(C)C. The van der Waals surface area contributed by atoms with E-state index in [1.54, 1.807) is 0 Å². The number of unbranched alkanes of at least 4 members (excludes halogenated alkanes) is 31. The zero-order valence-corrected chi connectivity index (χ0v) is 31.9. The fourth-order valence-corrected chi connectivity index (χ4v) is 6.99. The Kier molecular flexibility index (Phi) is 39.1. The molecule has 0 saturated heterocycles. The highest BCUT2D eigenvalue weighted by Gasteiger charge is 2.05. The van der Waals surface area contributed by atoms with Crippen molar-refractivity contribution in [2.45, 2.75) is 252 Å². The summed E-state index contributed by atoms with van der Waals surface area (Å²) in [6, 6.07) is 0. The molecule has 0 radical (unpaired) electrons. The van der Waals surface area contributed by atoms with E-state index in [0.717, 1.165) is 5.92 Å². The van der Waals surface area contributed by atoms with Gasteiger partial charge in [0.05, 0.1) is 0 Å². The van der Waals surface area contributed by atoms with E-state index in [9.17, 15) is 0 Å². The molecule has 0 aromatic heterocycles. The second kappa shape index (κ2) is 39.1. The maximum absolute atomic E-state index is 2.86. The second-order valence-corrected chi connectivity index (χ2v) is 15.3. The lowest BCUT2D eigenvalue weighted by atomic mass is 10.0. The van der Waals surface area contributed by atoms with Crippen LogP contribution in [0.2, 0.25) is 0 Å². The Morgan fingerprint density at radius 1 is 0.273 bits per heavy atom. The van der Waals surface area contributed by atoms with E-state index in [1.807, 2.05) is 0 Å². The smallest absolute Gasteiger partial charge is 0.00187 e. The fourth-order valence-electron chi connectivity index (χ4n) is 6.99. The molecule has 0 spiro atoms. The first kappa shape index (κ1) is 44.0. The molecule has 44 heavy (non-hydrogen) atoms. The lowest BCUT2D eigenvalue weighted by Crippen LogP contribution is -2.27. The molecule has 0 aliphatic carbocycles. The van der Waals surface area contributed by atoms with Gasteiger partial charge in [-0.1, -0.05) is 233 Å². The normalized spacial score (nSPS) is 11.9. The minimum Gasteiger partial charge on any atom is -0.303 e. The Labute approximate surface area is 282 Å². The predicted octanol–water partition coefficient (Wildman–Crippen LogP) is 15.6. The number of rotatable bonds is 39. The molecule has 0 aromatic rings. The summed E-state index contributed by atoms with van der Waals surface area (Å²) in [4.78, 5) is 2.86. The molecule has 0 aromatic carbocycles. The topological polar surface area (TPSA) is 3.24 Å². The summed E-state index contributed by atoms with van der Waals surface area (Å²) in [7, 11) is 0. The van der Waals surface area contributed by atoms with Crippen LogP contribution in [0.4, 0.5) is 0 Å². The molecule has 1 nitrogen and oxygen atoms in total. The van der Waals surface area contributed by atoms with Crippen molar-refractivity contribution in [2.24, 2.45) is 5.92 Å². The standard InChI is InChI=1S/C43H89N/c1-5-7-9-11-13-15-17-20-24-28-32-36-40-44(41-37-33-29-25-21-18-16-14-12-10-8-6-2)42-38-34-30-26-22-19-23-27-31-35-39-43(3)4/h43H,5-42H2,1-4H3. The van der Waals surface area contributed by atoms with Crippen molar-refractivity contribution in [1.82, 2.24) is 4.90 Å². The van der Waals surface area contributed by atoms with E-state index in [0.29, 0.717) is 0 Å². The van der Waals surface area contributed by atoms with Gasteiger partial charge in [-0.3, -0.25) is 0 Å². The van der Waals surface area contributed by atoms with Gasteiger partial charge in [0.25, 0.3) is 0 Å². The van der Waals surface area contributed by atoms with Gasteiger partial charge in [0.15, 0.2) is 0 Å². The molecule has 0 rings (SSSR count). The van der Waals surface area contributed by atoms with Crippen LogP contribution in [0.25, 0.3) is 0 Å². The number of hydrogen-bond acceptors (Lipinski definition) is 1. The Bertz CT molecular complexity index is 457. The van der Waals surface area contributed by atoms with Crippen molar-refractivity contribution in [3.63, 3.8) is 0 Å². The first-order valence-electron chi connectivity index (χ1n) is 21.4. The largest absolute Gasteiger partial charge is 0.303 e. The summed E-state index contributed by atoms with van der Waals surface area (Å²) in [6.07, 6.45) is 51.1. The van der Waals surface area contributed by atoms with Crippen molar-refractivity contribution in [1.29, 1.82) is 0 Å². The maximum atomic E-state index is 2.86. The van der Waals surface area contributed by atoms with Crippen LogP contribution >= 0.6 is 0 Å². The van der Waals surface area contributed by atoms with Gasteiger partial charge >= 0.3 is 0 Å². The third-order valence-corrected chi connectivity index (χ3v) is 10.2. The van der Waals surface area contributed by atoms with Gasteiger partial charge in [-0.25, -0.2) is 0 Å². The zero-order valence-electron chi connectivity index (χ0n) is 31.9. The van der Waals surface area contributed by atoms with Gasteiger partial charge in [-0.15, -0.1) is 0 Å². The molecule has 0 saturated carbocycles. The van der Waals surface area contributed by atoms with E-state index in [2.05, 4.69) is 32.6 Å². The Morgan fingerprint density at radius 2 is 0.477 bits per heavy atom. The second-order valence-electron chi connectivity index (χ2n) is 15.3.